The predicted molar refractivity (Wildman–Crippen MR) is 79.1 cm³/mol. The van der Waals surface area contributed by atoms with E-state index in [0.29, 0.717) is 23.7 Å². The molecule has 1 amide bonds. The van der Waals surface area contributed by atoms with Crippen LogP contribution in [0.25, 0.3) is 0 Å². The van der Waals surface area contributed by atoms with Gasteiger partial charge in [0.2, 0.25) is 11.8 Å². The van der Waals surface area contributed by atoms with E-state index in [4.69, 9.17) is 10.2 Å². The molecule has 0 radical (unpaired) electrons. The molecule has 112 valence electrons. The lowest BCUT2D eigenvalue weighted by molar-refractivity contribution is 0.100. The normalized spacial score (nSPS) is 11.4. The number of rotatable bonds is 5. The molecule has 1 aromatic heterocycles. The molecule has 0 fully saturated rings. The van der Waals surface area contributed by atoms with Crippen molar-refractivity contribution in [3.8, 4) is 0 Å². The van der Waals surface area contributed by atoms with Crippen molar-refractivity contribution in [3.05, 3.63) is 35.7 Å². The molecule has 21 heavy (non-hydrogen) atoms. The van der Waals surface area contributed by atoms with Crippen LogP contribution in [0.4, 0.5) is 11.7 Å². The molecule has 0 aliphatic carbocycles. The second-order valence-electron chi connectivity index (χ2n) is 5.67. The monoisotopic (exact) mass is 289 g/mol. The van der Waals surface area contributed by atoms with Gasteiger partial charge in [0.1, 0.15) is 0 Å². The summed E-state index contributed by atoms with van der Waals surface area (Å²) in [5, 5.41) is 14.0. The number of hydrogen-bond acceptors (Lipinski definition) is 6. The number of nitrogens with one attached hydrogen (secondary N) is 2. The fraction of sp³-hybridized carbons (Fsp3) is 0.357. The van der Waals surface area contributed by atoms with E-state index >= 15 is 0 Å². The molecule has 0 saturated carbocycles. The summed E-state index contributed by atoms with van der Waals surface area (Å²) in [4.78, 5) is 11.1. The van der Waals surface area contributed by atoms with Crippen molar-refractivity contribution in [3.63, 3.8) is 0 Å². The first-order valence-corrected chi connectivity index (χ1v) is 6.58. The van der Waals surface area contributed by atoms with E-state index in [1.165, 1.54) is 0 Å². The summed E-state index contributed by atoms with van der Waals surface area (Å²) >= 11 is 0. The van der Waals surface area contributed by atoms with Crippen molar-refractivity contribution in [1.82, 2.24) is 15.5 Å². The van der Waals surface area contributed by atoms with Crippen molar-refractivity contribution >= 4 is 17.6 Å². The summed E-state index contributed by atoms with van der Waals surface area (Å²) in [6, 6.07) is 7.03. The lowest BCUT2D eigenvalue weighted by Gasteiger charge is -2.18. The Morgan fingerprint density at radius 2 is 2.10 bits per heavy atom. The highest BCUT2D eigenvalue weighted by Gasteiger charge is 2.12. The van der Waals surface area contributed by atoms with Gasteiger partial charge in [-0.25, -0.2) is 0 Å². The average Bonchev–Trinajstić information content (AvgIpc) is 2.83. The minimum atomic E-state index is -0.487. The zero-order valence-corrected chi connectivity index (χ0v) is 12.3. The molecule has 0 atom stereocenters. The van der Waals surface area contributed by atoms with Gasteiger partial charge in [0.05, 0.1) is 6.54 Å². The SMILES string of the molecule is CC(C)(C)NCc1nnc(Nc2cccc(C(N)=O)c2)o1. The number of nitrogens with zero attached hydrogens (tertiary/aromatic N) is 2. The fourth-order valence-corrected chi connectivity index (χ4v) is 1.59. The zero-order chi connectivity index (χ0) is 15.5. The highest BCUT2D eigenvalue weighted by molar-refractivity contribution is 5.93. The first-order valence-electron chi connectivity index (χ1n) is 6.58. The highest BCUT2D eigenvalue weighted by atomic mass is 16.4. The Morgan fingerprint density at radius 1 is 1.33 bits per heavy atom. The van der Waals surface area contributed by atoms with Crippen LogP contribution in [0.3, 0.4) is 0 Å². The van der Waals surface area contributed by atoms with Gasteiger partial charge in [-0.1, -0.05) is 11.2 Å². The Balaban J connectivity index is 2.02. The van der Waals surface area contributed by atoms with Crippen molar-refractivity contribution in [2.24, 2.45) is 5.73 Å². The predicted octanol–water partition coefficient (Wildman–Crippen LogP) is 1.80. The molecule has 0 bridgehead atoms. The summed E-state index contributed by atoms with van der Waals surface area (Å²) in [5.74, 6) is -0.00211. The van der Waals surface area contributed by atoms with E-state index in [2.05, 4.69) is 41.6 Å². The fourth-order valence-electron chi connectivity index (χ4n) is 1.59. The first-order chi connectivity index (χ1) is 9.83. The Bertz CT molecular complexity index is 630. The van der Waals surface area contributed by atoms with Gasteiger partial charge in [-0.05, 0) is 39.0 Å². The smallest absolute Gasteiger partial charge is 0.320 e. The third-order valence-corrected chi connectivity index (χ3v) is 2.64. The third-order valence-electron chi connectivity index (χ3n) is 2.64. The molecule has 0 aliphatic heterocycles. The molecular formula is C14H19N5O2. The minimum Gasteiger partial charge on any atom is -0.406 e. The van der Waals surface area contributed by atoms with Crippen LogP contribution < -0.4 is 16.4 Å². The van der Waals surface area contributed by atoms with E-state index in [0.717, 1.165) is 0 Å². The standard InChI is InChI=1S/C14H19N5O2/c1-14(2,3)16-8-11-18-19-13(21-11)17-10-6-4-5-9(7-10)12(15)20/h4-7,16H,8H2,1-3H3,(H2,15,20)(H,17,19). The third kappa shape index (κ3) is 4.57. The maximum absolute atomic E-state index is 11.1. The van der Waals surface area contributed by atoms with Gasteiger partial charge in [-0.15, -0.1) is 5.10 Å². The Kier molecular flexibility index (Phi) is 4.23. The molecule has 7 heteroatoms. The second-order valence-corrected chi connectivity index (χ2v) is 5.67. The summed E-state index contributed by atoms with van der Waals surface area (Å²) in [6.45, 7) is 6.65. The number of benzene rings is 1. The number of carbonyl (C=O) groups excluding carboxylic acids is 1. The molecule has 0 saturated heterocycles. The Hall–Kier alpha value is -2.41. The number of hydrogen-bond donors (Lipinski definition) is 3. The molecule has 2 aromatic rings. The average molecular weight is 289 g/mol. The molecular weight excluding hydrogens is 270 g/mol. The van der Waals surface area contributed by atoms with Gasteiger partial charge in [0, 0.05) is 16.8 Å². The van der Waals surface area contributed by atoms with Gasteiger partial charge >= 0.3 is 6.01 Å². The molecule has 0 aliphatic rings. The van der Waals surface area contributed by atoms with Gasteiger partial charge in [0.15, 0.2) is 0 Å². The van der Waals surface area contributed by atoms with Gasteiger partial charge in [0.25, 0.3) is 0 Å². The maximum Gasteiger partial charge on any atom is 0.320 e. The summed E-state index contributed by atoms with van der Waals surface area (Å²) in [6.07, 6.45) is 0. The van der Waals surface area contributed by atoms with Crippen molar-refractivity contribution in [1.29, 1.82) is 0 Å². The number of aromatic nitrogens is 2. The molecule has 0 unspecified atom stereocenters. The van der Waals surface area contributed by atoms with Crippen LogP contribution in [0.2, 0.25) is 0 Å². The van der Waals surface area contributed by atoms with E-state index in [1.807, 2.05) is 0 Å². The Labute approximate surface area is 122 Å². The maximum atomic E-state index is 11.1. The van der Waals surface area contributed by atoms with Crippen LogP contribution in [-0.4, -0.2) is 21.6 Å². The quantitative estimate of drug-likeness (QED) is 0.775. The van der Waals surface area contributed by atoms with Crippen molar-refractivity contribution in [2.45, 2.75) is 32.9 Å². The van der Waals surface area contributed by atoms with E-state index in [9.17, 15) is 4.79 Å². The van der Waals surface area contributed by atoms with Gasteiger partial charge < -0.3 is 20.8 Å². The number of anilines is 2. The summed E-state index contributed by atoms with van der Waals surface area (Å²) in [5.41, 5.74) is 6.27. The van der Waals surface area contributed by atoms with E-state index < -0.39 is 5.91 Å². The summed E-state index contributed by atoms with van der Waals surface area (Å²) in [7, 11) is 0. The van der Waals surface area contributed by atoms with Crippen LogP contribution in [-0.2, 0) is 6.54 Å². The lowest BCUT2D eigenvalue weighted by atomic mass is 10.1. The van der Waals surface area contributed by atoms with Crippen molar-refractivity contribution < 1.29 is 9.21 Å². The molecule has 1 heterocycles. The van der Waals surface area contributed by atoms with Crippen LogP contribution in [0.1, 0.15) is 37.0 Å². The minimum absolute atomic E-state index is 0.0299. The van der Waals surface area contributed by atoms with Crippen LogP contribution >= 0.6 is 0 Å². The van der Waals surface area contributed by atoms with Crippen LogP contribution in [0.5, 0.6) is 0 Å². The zero-order valence-electron chi connectivity index (χ0n) is 12.3. The van der Waals surface area contributed by atoms with Gasteiger partial charge in [-0.2, -0.15) is 0 Å². The number of carbonyl (C=O) groups is 1. The number of amides is 1. The molecule has 4 N–H and O–H groups in total. The second kappa shape index (κ2) is 5.92. The molecule has 2 rings (SSSR count). The topological polar surface area (TPSA) is 106 Å². The highest BCUT2D eigenvalue weighted by Crippen LogP contribution is 2.16. The molecule has 0 spiro atoms. The number of nitrogens with two attached hydrogens (primary N) is 1. The van der Waals surface area contributed by atoms with E-state index in [-0.39, 0.29) is 11.6 Å². The van der Waals surface area contributed by atoms with Crippen LogP contribution in [0.15, 0.2) is 28.7 Å². The van der Waals surface area contributed by atoms with E-state index in [1.54, 1.807) is 24.3 Å². The Morgan fingerprint density at radius 3 is 2.76 bits per heavy atom. The largest absolute Gasteiger partial charge is 0.406 e. The first kappa shape index (κ1) is 15.0. The molecule has 1 aromatic carbocycles. The summed E-state index contributed by atoms with van der Waals surface area (Å²) < 4.78 is 5.47. The van der Waals surface area contributed by atoms with Crippen LogP contribution in [0, 0.1) is 0 Å². The lowest BCUT2D eigenvalue weighted by Crippen LogP contribution is -2.35. The van der Waals surface area contributed by atoms with Gasteiger partial charge in [-0.3, -0.25) is 4.79 Å². The number of primary amides is 1. The van der Waals surface area contributed by atoms with Crippen molar-refractivity contribution in [2.75, 3.05) is 5.32 Å². The molecule has 7 nitrogen and oxygen atoms in total.